The third-order valence-electron chi connectivity index (χ3n) is 3.73. The Labute approximate surface area is 191 Å². The van der Waals surface area contributed by atoms with Crippen molar-refractivity contribution in [1.29, 1.82) is 0 Å². The zero-order valence-electron chi connectivity index (χ0n) is 15.8. The smallest absolute Gasteiger partial charge is 0.0417 e. The van der Waals surface area contributed by atoms with Gasteiger partial charge in [0.15, 0.2) is 0 Å². The van der Waals surface area contributed by atoms with E-state index in [0.29, 0.717) is 0 Å². The maximum atomic E-state index is 5.91. The average Bonchev–Trinajstić information content (AvgIpc) is 2.70. The van der Waals surface area contributed by atoms with Gasteiger partial charge < -0.3 is 5.73 Å². The van der Waals surface area contributed by atoms with Crippen molar-refractivity contribution in [2.75, 3.05) is 5.73 Å². The lowest BCUT2D eigenvalue weighted by atomic mass is 10.1. The number of halogens is 3. The molecule has 4 aromatic rings. The molecule has 0 aliphatic carbocycles. The Balaban J connectivity index is 0.000000170. The van der Waals surface area contributed by atoms with Gasteiger partial charge in [-0.2, -0.15) is 0 Å². The van der Waals surface area contributed by atoms with Gasteiger partial charge in [0.05, 0.1) is 0 Å². The lowest BCUT2D eigenvalue weighted by Crippen LogP contribution is -1.86. The van der Waals surface area contributed by atoms with Gasteiger partial charge in [0.25, 0.3) is 0 Å². The maximum Gasteiger partial charge on any atom is 0.0417 e. The van der Waals surface area contributed by atoms with E-state index in [1.165, 1.54) is 11.1 Å². The van der Waals surface area contributed by atoms with Crippen molar-refractivity contribution in [3.05, 3.63) is 135 Å². The van der Waals surface area contributed by atoms with Crippen molar-refractivity contribution in [3.63, 3.8) is 0 Å². The molecule has 0 radical (unpaired) electrons. The van der Waals surface area contributed by atoms with Crippen LogP contribution in [0.25, 0.3) is 0 Å². The van der Waals surface area contributed by atoms with Gasteiger partial charge in [0, 0.05) is 20.2 Å². The monoisotopic (exact) mass is 485 g/mol. The SMILES string of the molecule is Clc1cccc(Br)c1.Clc1cccc(Cc2ccccc2)c1.Nc1ccccc1. The van der Waals surface area contributed by atoms with Crippen LogP contribution in [-0.4, -0.2) is 0 Å². The molecule has 0 saturated heterocycles. The van der Waals surface area contributed by atoms with Crippen LogP contribution < -0.4 is 5.73 Å². The molecule has 2 N–H and O–H groups in total. The van der Waals surface area contributed by atoms with Crippen LogP contribution >= 0.6 is 39.1 Å². The van der Waals surface area contributed by atoms with Gasteiger partial charge in [-0.15, -0.1) is 0 Å². The fourth-order valence-electron chi connectivity index (χ4n) is 2.39. The Morgan fingerprint density at radius 3 is 1.55 bits per heavy atom. The number of hydrogen-bond acceptors (Lipinski definition) is 1. The van der Waals surface area contributed by atoms with Crippen molar-refractivity contribution in [2.45, 2.75) is 6.42 Å². The van der Waals surface area contributed by atoms with E-state index in [-0.39, 0.29) is 0 Å². The van der Waals surface area contributed by atoms with E-state index in [9.17, 15) is 0 Å². The molecule has 4 rings (SSSR count). The first kappa shape index (κ1) is 23.0. The van der Waals surface area contributed by atoms with E-state index in [1.807, 2.05) is 78.9 Å². The van der Waals surface area contributed by atoms with Crippen molar-refractivity contribution >= 4 is 44.8 Å². The highest BCUT2D eigenvalue weighted by atomic mass is 79.9. The molecule has 0 unspecified atom stereocenters. The van der Waals surface area contributed by atoms with Crippen LogP contribution in [0.4, 0.5) is 5.69 Å². The zero-order chi connectivity index (χ0) is 20.9. The Bertz CT molecular complexity index is 959. The molecule has 0 amide bonds. The predicted octanol–water partition coefficient (Wildman–Crippen LogP) is 8.30. The third-order valence-corrected chi connectivity index (χ3v) is 4.69. The molecule has 0 spiro atoms. The van der Waals surface area contributed by atoms with Gasteiger partial charge in [-0.1, -0.05) is 106 Å². The highest BCUT2D eigenvalue weighted by molar-refractivity contribution is 9.10. The first-order valence-corrected chi connectivity index (χ1v) is 10.6. The Morgan fingerprint density at radius 2 is 1.10 bits per heavy atom. The molecule has 0 bridgehead atoms. The first-order chi connectivity index (χ1) is 14.0. The summed E-state index contributed by atoms with van der Waals surface area (Å²) in [6.45, 7) is 0. The van der Waals surface area contributed by atoms with Crippen LogP contribution in [0.3, 0.4) is 0 Å². The van der Waals surface area contributed by atoms with Crippen LogP contribution in [0.15, 0.2) is 114 Å². The summed E-state index contributed by atoms with van der Waals surface area (Å²) in [5.74, 6) is 0. The van der Waals surface area contributed by atoms with E-state index in [4.69, 9.17) is 28.9 Å². The van der Waals surface area contributed by atoms with Gasteiger partial charge in [0.2, 0.25) is 0 Å². The minimum atomic E-state index is 0.763. The number of nitrogen functional groups attached to an aromatic ring is 1. The Kier molecular flexibility index (Phi) is 10.4. The molecule has 0 saturated carbocycles. The lowest BCUT2D eigenvalue weighted by Gasteiger charge is -2.01. The molecule has 1 nitrogen and oxygen atoms in total. The van der Waals surface area contributed by atoms with Gasteiger partial charge >= 0.3 is 0 Å². The first-order valence-electron chi connectivity index (χ1n) is 9.03. The molecule has 0 atom stereocenters. The van der Waals surface area contributed by atoms with E-state index in [0.717, 1.165) is 26.6 Å². The summed E-state index contributed by atoms with van der Waals surface area (Å²) in [7, 11) is 0. The number of para-hydroxylation sites is 1. The third kappa shape index (κ3) is 10.2. The summed E-state index contributed by atoms with van der Waals surface area (Å²) in [5.41, 5.74) is 8.75. The van der Waals surface area contributed by atoms with Crippen molar-refractivity contribution in [3.8, 4) is 0 Å². The molecule has 29 heavy (non-hydrogen) atoms. The summed E-state index contributed by atoms with van der Waals surface area (Å²) in [5, 5.41) is 1.57. The van der Waals surface area contributed by atoms with E-state index < -0.39 is 0 Å². The second-order valence-corrected chi connectivity index (χ2v) is 7.93. The van der Waals surface area contributed by atoms with Gasteiger partial charge in [-0.25, -0.2) is 0 Å². The molecule has 0 fully saturated rings. The normalized spacial score (nSPS) is 9.48. The van der Waals surface area contributed by atoms with Crippen molar-refractivity contribution in [2.24, 2.45) is 0 Å². The summed E-state index contributed by atoms with van der Waals surface area (Å²) in [4.78, 5) is 0. The average molecular weight is 487 g/mol. The molecule has 148 valence electrons. The maximum absolute atomic E-state index is 5.91. The molecule has 4 heteroatoms. The van der Waals surface area contributed by atoms with Gasteiger partial charge in [0.1, 0.15) is 0 Å². The zero-order valence-corrected chi connectivity index (χ0v) is 18.9. The van der Waals surface area contributed by atoms with Crippen molar-refractivity contribution in [1.82, 2.24) is 0 Å². The fraction of sp³-hybridized carbons (Fsp3) is 0.0400. The second kappa shape index (κ2) is 13.1. The standard InChI is InChI=1S/C13H11Cl.C6H4BrCl.C6H7N/c14-13-8-4-7-12(10-13)9-11-5-2-1-3-6-11;7-5-2-1-3-6(8)4-5;7-6-4-2-1-3-5-6/h1-8,10H,9H2;1-4H;1-5H,7H2. The minimum Gasteiger partial charge on any atom is -0.399 e. The number of nitrogens with two attached hydrogens (primary N) is 1. The largest absolute Gasteiger partial charge is 0.399 e. The summed E-state index contributed by atoms with van der Waals surface area (Å²) in [6.07, 6.45) is 0.946. The van der Waals surface area contributed by atoms with E-state index in [2.05, 4.69) is 46.3 Å². The summed E-state index contributed by atoms with van der Waals surface area (Å²) < 4.78 is 1.02. The summed E-state index contributed by atoms with van der Waals surface area (Å²) >= 11 is 14.8. The molecule has 0 heterocycles. The lowest BCUT2D eigenvalue weighted by molar-refractivity contribution is 1.19. The molecular weight excluding hydrogens is 465 g/mol. The van der Waals surface area contributed by atoms with Gasteiger partial charge in [-0.05, 0) is 60.0 Å². The predicted molar refractivity (Wildman–Crippen MR) is 131 cm³/mol. The quantitative estimate of drug-likeness (QED) is 0.283. The highest BCUT2D eigenvalue weighted by Crippen LogP contribution is 2.15. The number of benzene rings is 4. The molecule has 4 aromatic carbocycles. The van der Waals surface area contributed by atoms with Crippen LogP contribution in [-0.2, 0) is 6.42 Å². The highest BCUT2D eigenvalue weighted by Gasteiger charge is 1.95. The molecule has 0 aliphatic heterocycles. The number of rotatable bonds is 2. The molecule has 0 aliphatic rings. The van der Waals surface area contributed by atoms with E-state index >= 15 is 0 Å². The van der Waals surface area contributed by atoms with Crippen LogP contribution in [0, 0.1) is 0 Å². The second-order valence-electron chi connectivity index (χ2n) is 6.14. The fourth-order valence-corrected chi connectivity index (χ4v) is 3.33. The van der Waals surface area contributed by atoms with Crippen LogP contribution in [0.1, 0.15) is 11.1 Å². The molecule has 0 aromatic heterocycles. The van der Waals surface area contributed by atoms with Crippen LogP contribution in [0.2, 0.25) is 10.0 Å². The number of anilines is 1. The molecular formula is C25H22BrCl2N. The van der Waals surface area contributed by atoms with Crippen LogP contribution in [0.5, 0.6) is 0 Å². The van der Waals surface area contributed by atoms with Gasteiger partial charge in [-0.3, -0.25) is 0 Å². The topological polar surface area (TPSA) is 26.0 Å². The number of hydrogen-bond donors (Lipinski definition) is 1. The Morgan fingerprint density at radius 1 is 0.586 bits per heavy atom. The van der Waals surface area contributed by atoms with Crippen molar-refractivity contribution < 1.29 is 0 Å². The van der Waals surface area contributed by atoms with E-state index in [1.54, 1.807) is 0 Å². The minimum absolute atomic E-state index is 0.763. The Hall–Kier alpha value is -2.26. The summed E-state index contributed by atoms with van der Waals surface area (Å²) in [6, 6.07) is 35.4.